The Morgan fingerprint density at radius 1 is 1.42 bits per heavy atom. The second kappa shape index (κ2) is 5.94. The van der Waals surface area contributed by atoms with Gasteiger partial charge in [0, 0.05) is 6.04 Å². The number of carbonyl (C=O) groups excluding carboxylic acids is 1. The largest absolute Gasteiger partial charge is 0.378 e. The number of nitro groups is 1. The van der Waals surface area contributed by atoms with Crippen molar-refractivity contribution in [3.8, 4) is 0 Å². The maximum atomic E-state index is 11.7. The molecule has 1 aromatic rings. The zero-order valence-electron chi connectivity index (χ0n) is 10.9. The summed E-state index contributed by atoms with van der Waals surface area (Å²) in [6, 6.07) is -0.711. The summed E-state index contributed by atoms with van der Waals surface area (Å²) in [6.07, 6.45) is 1.09. The molecule has 9 heteroatoms. The number of nitrogen functional groups attached to an aromatic ring is 1. The van der Waals surface area contributed by atoms with Crippen molar-refractivity contribution in [3.05, 3.63) is 16.4 Å². The van der Waals surface area contributed by atoms with Crippen LogP contribution in [0.3, 0.4) is 0 Å². The molecule has 1 atom stereocenters. The molecule has 4 N–H and O–H groups in total. The molecule has 0 aliphatic heterocycles. The minimum Gasteiger partial charge on any atom is -0.378 e. The Bertz CT molecular complexity index is 490. The lowest BCUT2D eigenvalue weighted by Crippen LogP contribution is -2.41. The number of rotatable bonds is 5. The summed E-state index contributed by atoms with van der Waals surface area (Å²) in [6.45, 7) is 5.20. The van der Waals surface area contributed by atoms with E-state index in [2.05, 4.69) is 20.6 Å². The van der Waals surface area contributed by atoms with E-state index in [1.807, 2.05) is 13.8 Å². The summed E-state index contributed by atoms with van der Waals surface area (Å²) in [5, 5.41) is 16.2. The predicted molar refractivity (Wildman–Crippen MR) is 69.5 cm³/mol. The highest BCUT2D eigenvalue weighted by atomic mass is 16.6. The normalized spacial score (nSPS) is 12.0. The van der Waals surface area contributed by atoms with Crippen LogP contribution in [-0.4, -0.2) is 32.9 Å². The Morgan fingerprint density at radius 2 is 2.05 bits per heavy atom. The molecule has 0 saturated heterocycles. The van der Waals surface area contributed by atoms with Crippen molar-refractivity contribution in [1.82, 2.24) is 15.3 Å². The third-order valence-electron chi connectivity index (χ3n) is 2.21. The average Bonchev–Trinajstić information content (AvgIpc) is 2.27. The first kappa shape index (κ1) is 14.6. The zero-order valence-corrected chi connectivity index (χ0v) is 10.9. The number of nitrogens with one attached hydrogen (secondary N) is 2. The Kier molecular flexibility index (Phi) is 4.56. The summed E-state index contributed by atoms with van der Waals surface area (Å²) in [7, 11) is 0. The van der Waals surface area contributed by atoms with Crippen LogP contribution in [0.15, 0.2) is 6.33 Å². The molecule has 0 radical (unpaired) electrons. The van der Waals surface area contributed by atoms with Crippen LogP contribution in [0.5, 0.6) is 0 Å². The van der Waals surface area contributed by atoms with Crippen LogP contribution in [0.4, 0.5) is 17.3 Å². The van der Waals surface area contributed by atoms with E-state index in [9.17, 15) is 14.9 Å². The quantitative estimate of drug-likeness (QED) is 0.515. The fourth-order valence-electron chi connectivity index (χ4n) is 1.36. The van der Waals surface area contributed by atoms with Crippen molar-refractivity contribution in [2.75, 3.05) is 11.1 Å². The molecule has 1 amide bonds. The molecule has 9 nitrogen and oxygen atoms in total. The standard InChI is InChI=1S/C10H16N6O3/c1-5(2)14-10(17)6(3)15-9-7(16(18)19)8(11)12-4-13-9/h4-6H,1-3H3,(H,14,17)(H3,11,12,13,15). The fraction of sp³-hybridized carbons (Fsp3) is 0.500. The monoisotopic (exact) mass is 268 g/mol. The van der Waals surface area contributed by atoms with Gasteiger partial charge in [-0.25, -0.2) is 9.97 Å². The predicted octanol–water partition coefficient (Wildman–Crippen LogP) is 0.292. The number of carbonyl (C=O) groups is 1. The molecule has 0 aliphatic carbocycles. The van der Waals surface area contributed by atoms with E-state index in [1.54, 1.807) is 6.92 Å². The van der Waals surface area contributed by atoms with Crippen LogP contribution in [0.2, 0.25) is 0 Å². The van der Waals surface area contributed by atoms with Crippen molar-refractivity contribution in [3.63, 3.8) is 0 Å². The molecule has 0 aliphatic rings. The highest BCUT2D eigenvalue weighted by Gasteiger charge is 2.24. The fourth-order valence-corrected chi connectivity index (χ4v) is 1.36. The van der Waals surface area contributed by atoms with Gasteiger partial charge in [0.15, 0.2) is 0 Å². The minimum absolute atomic E-state index is 0.0257. The Hall–Kier alpha value is -2.45. The molecule has 1 rings (SSSR count). The van der Waals surface area contributed by atoms with E-state index in [-0.39, 0.29) is 23.6 Å². The highest BCUT2D eigenvalue weighted by Crippen LogP contribution is 2.26. The van der Waals surface area contributed by atoms with E-state index < -0.39 is 16.7 Å². The van der Waals surface area contributed by atoms with Crippen molar-refractivity contribution in [2.24, 2.45) is 0 Å². The topological polar surface area (TPSA) is 136 Å². The lowest BCUT2D eigenvalue weighted by molar-refractivity contribution is -0.383. The van der Waals surface area contributed by atoms with Crippen LogP contribution in [0.1, 0.15) is 20.8 Å². The number of hydrogen-bond donors (Lipinski definition) is 3. The second-order valence-corrected chi connectivity index (χ2v) is 4.24. The third kappa shape index (κ3) is 3.76. The number of aromatic nitrogens is 2. The Morgan fingerprint density at radius 3 is 2.58 bits per heavy atom. The first-order valence-electron chi connectivity index (χ1n) is 5.64. The van der Waals surface area contributed by atoms with Gasteiger partial charge in [0.05, 0.1) is 4.92 Å². The number of anilines is 2. The molecule has 1 heterocycles. The van der Waals surface area contributed by atoms with E-state index in [1.165, 1.54) is 0 Å². The van der Waals surface area contributed by atoms with Crippen molar-refractivity contribution in [1.29, 1.82) is 0 Å². The van der Waals surface area contributed by atoms with E-state index in [0.717, 1.165) is 6.33 Å². The molecule has 0 saturated carbocycles. The lowest BCUT2D eigenvalue weighted by Gasteiger charge is -2.16. The number of nitrogens with two attached hydrogens (primary N) is 1. The molecular weight excluding hydrogens is 252 g/mol. The van der Waals surface area contributed by atoms with E-state index in [4.69, 9.17) is 5.73 Å². The van der Waals surface area contributed by atoms with Gasteiger partial charge in [0.2, 0.25) is 17.5 Å². The SMILES string of the molecule is CC(C)NC(=O)C(C)Nc1ncnc(N)c1[N+](=O)[O-]. The Balaban J connectivity index is 2.91. The van der Waals surface area contributed by atoms with Gasteiger partial charge in [-0.15, -0.1) is 0 Å². The third-order valence-corrected chi connectivity index (χ3v) is 2.21. The second-order valence-electron chi connectivity index (χ2n) is 4.24. The smallest absolute Gasteiger partial charge is 0.353 e. The van der Waals surface area contributed by atoms with Crippen LogP contribution in [-0.2, 0) is 4.79 Å². The molecule has 19 heavy (non-hydrogen) atoms. The first-order valence-corrected chi connectivity index (χ1v) is 5.64. The van der Waals surface area contributed by atoms with Gasteiger partial charge in [-0.05, 0) is 20.8 Å². The summed E-state index contributed by atoms with van der Waals surface area (Å²) in [5.74, 6) is -0.621. The van der Waals surface area contributed by atoms with Gasteiger partial charge < -0.3 is 16.4 Å². The molecule has 0 spiro atoms. The number of amides is 1. The molecule has 0 fully saturated rings. The average molecular weight is 268 g/mol. The number of hydrogen-bond acceptors (Lipinski definition) is 7. The van der Waals surface area contributed by atoms with Crippen LogP contribution in [0.25, 0.3) is 0 Å². The highest BCUT2D eigenvalue weighted by molar-refractivity contribution is 5.85. The van der Waals surface area contributed by atoms with Gasteiger partial charge in [-0.1, -0.05) is 0 Å². The van der Waals surface area contributed by atoms with E-state index >= 15 is 0 Å². The van der Waals surface area contributed by atoms with Crippen LogP contribution < -0.4 is 16.4 Å². The van der Waals surface area contributed by atoms with Gasteiger partial charge in [0.25, 0.3) is 0 Å². The lowest BCUT2D eigenvalue weighted by atomic mass is 10.2. The van der Waals surface area contributed by atoms with Gasteiger partial charge in [-0.2, -0.15) is 0 Å². The maximum Gasteiger partial charge on any atom is 0.353 e. The van der Waals surface area contributed by atoms with Crippen molar-refractivity contribution >= 4 is 23.2 Å². The minimum atomic E-state index is -0.690. The van der Waals surface area contributed by atoms with Gasteiger partial charge in [0.1, 0.15) is 12.4 Å². The van der Waals surface area contributed by atoms with Crippen LogP contribution >= 0.6 is 0 Å². The van der Waals surface area contributed by atoms with Crippen molar-refractivity contribution in [2.45, 2.75) is 32.9 Å². The zero-order chi connectivity index (χ0) is 14.6. The molecule has 1 aromatic heterocycles. The summed E-state index contributed by atoms with van der Waals surface area (Å²) < 4.78 is 0. The molecule has 104 valence electrons. The van der Waals surface area contributed by atoms with Gasteiger partial charge >= 0.3 is 5.69 Å². The molecule has 0 aromatic carbocycles. The summed E-state index contributed by atoms with van der Waals surface area (Å²) in [5.41, 5.74) is 4.98. The van der Waals surface area contributed by atoms with Crippen molar-refractivity contribution < 1.29 is 9.72 Å². The number of nitrogens with zero attached hydrogens (tertiary/aromatic N) is 3. The molecule has 1 unspecified atom stereocenters. The summed E-state index contributed by atoms with van der Waals surface area (Å²) in [4.78, 5) is 29.2. The van der Waals surface area contributed by atoms with Gasteiger partial charge in [-0.3, -0.25) is 14.9 Å². The maximum absolute atomic E-state index is 11.7. The summed E-state index contributed by atoms with van der Waals surface area (Å²) >= 11 is 0. The van der Waals surface area contributed by atoms with E-state index in [0.29, 0.717) is 0 Å². The first-order chi connectivity index (χ1) is 8.82. The molecular formula is C10H16N6O3. The molecule has 0 bridgehead atoms. The Labute approximate surface area is 109 Å². The van der Waals surface area contributed by atoms with Crippen LogP contribution in [0, 0.1) is 10.1 Å².